The van der Waals surface area contributed by atoms with Gasteiger partial charge in [0, 0.05) is 29.6 Å². The number of carbonyl (C=O) groups is 1. The van der Waals surface area contributed by atoms with Gasteiger partial charge in [-0.2, -0.15) is 0 Å². The Morgan fingerprint density at radius 3 is 2.50 bits per heavy atom. The molecule has 0 heterocycles. The third-order valence-corrected chi connectivity index (χ3v) is 10.4. The van der Waals surface area contributed by atoms with Gasteiger partial charge >= 0.3 is 0 Å². The van der Waals surface area contributed by atoms with Crippen LogP contribution in [0.25, 0.3) is 0 Å². The molecule has 3 aliphatic carbocycles. The van der Waals surface area contributed by atoms with Crippen LogP contribution < -0.4 is 4.74 Å². The maximum atomic E-state index is 14.2. The second-order valence-electron chi connectivity index (χ2n) is 13.5. The molecule has 0 amide bonds. The molecule has 5 heteroatoms. The highest BCUT2D eigenvalue weighted by molar-refractivity contribution is 6.10. The summed E-state index contributed by atoms with van der Waals surface area (Å²) in [7, 11) is 3.74. The minimum Gasteiger partial charge on any atom is -0.497 e. The number of allylic oxidation sites excluding steroid dienone is 2. The molecule has 234 valence electrons. The quantitative estimate of drug-likeness (QED) is 0.214. The van der Waals surface area contributed by atoms with Crippen LogP contribution in [0.15, 0.2) is 84.4 Å². The molecule has 0 saturated heterocycles. The summed E-state index contributed by atoms with van der Waals surface area (Å²) in [5, 5.41) is 23.4. The lowest BCUT2D eigenvalue weighted by Crippen LogP contribution is -2.52. The van der Waals surface area contributed by atoms with E-state index in [1.165, 1.54) is 11.1 Å². The molecule has 5 nitrogen and oxygen atoms in total. The molecule has 4 atom stereocenters. The van der Waals surface area contributed by atoms with Gasteiger partial charge in [-0.1, -0.05) is 61.0 Å². The van der Waals surface area contributed by atoms with Crippen LogP contribution in [0.4, 0.5) is 0 Å². The minimum absolute atomic E-state index is 0.0165. The van der Waals surface area contributed by atoms with E-state index in [4.69, 9.17) is 4.74 Å². The first-order chi connectivity index (χ1) is 21.1. The van der Waals surface area contributed by atoms with Gasteiger partial charge in [0.15, 0.2) is 5.78 Å². The Morgan fingerprint density at radius 2 is 1.77 bits per heavy atom. The van der Waals surface area contributed by atoms with Crippen LogP contribution in [-0.2, 0) is 12.8 Å². The second-order valence-corrected chi connectivity index (χ2v) is 13.5. The van der Waals surface area contributed by atoms with Crippen molar-refractivity contribution in [3.05, 3.63) is 112 Å². The maximum absolute atomic E-state index is 14.2. The lowest BCUT2D eigenvalue weighted by molar-refractivity contribution is -0.0798. The summed E-state index contributed by atoms with van der Waals surface area (Å²) < 4.78 is 5.33. The van der Waals surface area contributed by atoms with E-state index in [-0.39, 0.29) is 11.7 Å². The van der Waals surface area contributed by atoms with Gasteiger partial charge in [0.2, 0.25) is 0 Å². The van der Waals surface area contributed by atoms with E-state index in [0.717, 1.165) is 49.8 Å². The number of methoxy groups -OCH3 is 1. The van der Waals surface area contributed by atoms with E-state index in [2.05, 4.69) is 68.3 Å². The summed E-state index contributed by atoms with van der Waals surface area (Å²) in [5.74, 6) is 0.698. The normalized spacial score (nSPS) is 25.8. The number of ketones is 1. The molecule has 0 radical (unpaired) electrons. The molecule has 3 aromatic rings. The van der Waals surface area contributed by atoms with Crippen LogP contribution in [0.2, 0.25) is 0 Å². The zero-order valence-electron chi connectivity index (χ0n) is 26.9. The zero-order chi connectivity index (χ0) is 31.3. The average Bonchev–Trinajstić information content (AvgIpc) is 3.27. The van der Waals surface area contributed by atoms with Crippen LogP contribution in [0.1, 0.15) is 90.9 Å². The van der Waals surface area contributed by atoms with Crippen molar-refractivity contribution in [2.24, 2.45) is 5.41 Å². The van der Waals surface area contributed by atoms with Crippen LogP contribution in [0, 0.1) is 5.41 Å². The molecule has 1 saturated carbocycles. The molecule has 2 N–H and O–H groups in total. The predicted octanol–water partition coefficient (Wildman–Crippen LogP) is 7.14. The molecule has 6 rings (SSSR count). The SMILES string of the molecule is COc1ccc(C(=O)c2cc3ccc2[C@@H]2CC[C@@](O)(CN(C)CCc4ccccc4)[C@@]2(C)CCC=C(C)CC[C@H](O)C3)cc1. The Kier molecular flexibility index (Phi) is 10.1. The van der Waals surface area contributed by atoms with Crippen LogP contribution >= 0.6 is 0 Å². The number of carbonyl (C=O) groups excluding carboxylic acids is 1. The smallest absolute Gasteiger partial charge is 0.193 e. The van der Waals surface area contributed by atoms with Crippen LogP contribution in [-0.4, -0.2) is 59.8 Å². The van der Waals surface area contributed by atoms with Crippen LogP contribution in [0.3, 0.4) is 0 Å². The molecule has 0 spiro atoms. The predicted molar refractivity (Wildman–Crippen MR) is 177 cm³/mol. The number of hydrogen-bond acceptors (Lipinski definition) is 5. The van der Waals surface area contributed by atoms with Crippen LogP contribution in [0.5, 0.6) is 5.75 Å². The van der Waals surface area contributed by atoms with Gasteiger partial charge in [-0.05, 0) is 118 Å². The Balaban J connectivity index is 1.52. The third kappa shape index (κ3) is 7.01. The number of nitrogens with zero attached hydrogens (tertiary/aromatic N) is 1. The van der Waals surface area contributed by atoms with Crippen molar-refractivity contribution in [3.8, 4) is 5.75 Å². The Hall–Kier alpha value is -3.25. The van der Waals surface area contributed by atoms with Crippen molar-refractivity contribution in [1.29, 1.82) is 0 Å². The van der Waals surface area contributed by atoms with E-state index in [1.807, 2.05) is 36.4 Å². The van der Waals surface area contributed by atoms with E-state index in [0.29, 0.717) is 42.7 Å². The average molecular weight is 596 g/mol. The first-order valence-electron chi connectivity index (χ1n) is 16.2. The molecule has 44 heavy (non-hydrogen) atoms. The lowest BCUT2D eigenvalue weighted by atomic mass is 9.64. The Bertz CT molecular complexity index is 1450. The molecule has 3 aliphatic rings. The number of ether oxygens (including phenoxy) is 1. The summed E-state index contributed by atoms with van der Waals surface area (Å²) in [5.41, 5.74) is 4.50. The Labute approximate surface area is 263 Å². The highest BCUT2D eigenvalue weighted by Crippen LogP contribution is 2.58. The van der Waals surface area contributed by atoms with E-state index in [9.17, 15) is 15.0 Å². The summed E-state index contributed by atoms with van der Waals surface area (Å²) >= 11 is 0. The number of rotatable bonds is 8. The van der Waals surface area contributed by atoms with E-state index >= 15 is 0 Å². The second kappa shape index (κ2) is 13.8. The lowest BCUT2D eigenvalue weighted by Gasteiger charge is -2.45. The van der Waals surface area contributed by atoms with Crippen molar-refractivity contribution in [1.82, 2.24) is 4.90 Å². The summed E-state index contributed by atoms with van der Waals surface area (Å²) in [6, 6.07) is 24.0. The van der Waals surface area contributed by atoms with Crippen molar-refractivity contribution < 1.29 is 19.7 Å². The first-order valence-corrected chi connectivity index (χ1v) is 16.2. The number of aliphatic hydroxyl groups is 2. The van der Waals surface area contributed by atoms with E-state index < -0.39 is 17.1 Å². The summed E-state index contributed by atoms with van der Waals surface area (Å²) in [6.45, 7) is 5.85. The fraction of sp³-hybridized carbons (Fsp3) is 0.462. The Morgan fingerprint density at radius 1 is 1.02 bits per heavy atom. The van der Waals surface area contributed by atoms with Gasteiger partial charge in [0.1, 0.15) is 5.75 Å². The van der Waals surface area contributed by atoms with Gasteiger partial charge in [0.05, 0.1) is 18.8 Å². The van der Waals surface area contributed by atoms with Crippen molar-refractivity contribution in [2.45, 2.75) is 82.8 Å². The largest absolute Gasteiger partial charge is 0.497 e. The molecule has 0 aliphatic heterocycles. The zero-order valence-corrected chi connectivity index (χ0v) is 26.9. The van der Waals surface area contributed by atoms with Crippen molar-refractivity contribution in [2.75, 3.05) is 27.2 Å². The fourth-order valence-corrected chi connectivity index (χ4v) is 7.58. The highest BCUT2D eigenvalue weighted by atomic mass is 16.5. The number of aliphatic hydroxyl groups excluding tert-OH is 1. The maximum Gasteiger partial charge on any atom is 0.193 e. The molecule has 2 bridgehead atoms. The summed E-state index contributed by atoms with van der Waals surface area (Å²) in [6.07, 6.45) is 7.96. The first kappa shape index (κ1) is 32.2. The molecule has 1 fully saturated rings. The third-order valence-electron chi connectivity index (χ3n) is 10.4. The van der Waals surface area contributed by atoms with Crippen molar-refractivity contribution >= 4 is 5.78 Å². The number of benzene rings is 3. The number of fused-ring (bicyclic) bond motifs is 8. The topological polar surface area (TPSA) is 70.0 Å². The van der Waals surface area contributed by atoms with Gasteiger partial charge in [-0.25, -0.2) is 0 Å². The highest BCUT2D eigenvalue weighted by Gasteiger charge is 2.57. The molecular formula is C39H49NO4. The van der Waals surface area contributed by atoms with E-state index in [1.54, 1.807) is 7.11 Å². The number of likely N-dealkylation sites (N-methyl/N-ethyl adjacent to an activating group) is 1. The standard InChI is InChI=1S/C39H49NO4/c1-28-9-8-22-38(2)36(20-23-39(38,43)27-40(3)24-21-29-10-6-5-7-11-29)34-19-13-30(25-32(41)16-12-28)26-35(34)37(42)31-14-17-33(44-4)18-15-31/h5-7,9-11,13-15,17-19,26,32,36,41,43H,8,12,16,20-25,27H2,1-4H3/t32-,36-,38-,39+/m0/s1. The molecule has 3 aromatic carbocycles. The van der Waals surface area contributed by atoms with Gasteiger partial charge < -0.3 is 19.8 Å². The summed E-state index contributed by atoms with van der Waals surface area (Å²) in [4.78, 5) is 16.5. The van der Waals surface area contributed by atoms with Crippen molar-refractivity contribution in [3.63, 3.8) is 0 Å². The van der Waals surface area contributed by atoms with Gasteiger partial charge in [0.25, 0.3) is 0 Å². The minimum atomic E-state index is -0.906. The number of hydrogen-bond donors (Lipinski definition) is 2. The molecule has 0 unspecified atom stereocenters. The molecular weight excluding hydrogens is 546 g/mol. The van der Waals surface area contributed by atoms with Gasteiger partial charge in [-0.3, -0.25) is 4.79 Å². The molecule has 0 aromatic heterocycles. The fourth-order valence-electron chi connectivity index (χ4n) is 7.58. The monoisotopic (exact) mass is 595 g/mol. The van der Waals surface area contributed by atoms with Gasteiger partial charge in [-0.15, -0.1) is 0 Å².